The maximum atomic E-state index is 13.4. The molecule has 1 aromatic heterocycles. The number of carbonyl (C=O) groups excluding carboxylic acids is 1. The number of fused-ring (bicyclic) bond motifs is 1. The molecule has 0 bridgehead atoms. The molecule has 3 aromatic rings. The predicted octanol–water partition coefficient (Wildman–Crippen LogP) is 4.25. The lowest BCUT2D eigenvalue weighted by molar-refractivity contribution is -0.116. The zero-order chi connectivity index (χ0) is 22.0. The van der Waals surface area contributed by atoms with Crippen LogP contribution in [-0.4, -0.2) is 33.1 Å². The maximum Gasteiger partial charge on any atom is 0.240 e. The van der Waals surface area contributed by atoms with Crippen LogP contribution in [-0.2, 0) is 11.2 Å². The molecule has 2 N–H and O–H groups in total. The molecule has 2 atom stereocenters. The first-order valence-electron chi connectivity index (χ1n) is 10.4. The summed E-state index contributed by atoms with van der Waals surface area (Å²) in [6, 6.07) is 13.6. The minimum atomic E-state index is -0.416. The van der Waals surface area contributed by atoms with Crippen molar-refractivity contribution in [1.82, 2.24) is 14.9 Å². The Balaban J connectivity index is 1.67. The molecule has 0 spiro atoms. The van der Waals surface area contributed by atoms with Crippen LogP contribution in [0.5, 0.6) is 5.75 Å². The summed E-state index contributed by atoms with van der Waals surface area (Å²) in [5.41, 5.74) is 7.51. The predicted molar refractivity (Wildman–Crippen MR) is 123 cm³/mol. The van der Waals surface area contributed by atoms with Crippen LogP contribution >= 0.6 is 11.8 Å². The molecule has 2 heterocycles. The highest BCUT2D eigenvalue weighted by Crippen LogP contribution is 2.38. The van der Waals surface area contributed by atoms with Crippen LogP contribution in [0.1, 0.15) is 41.9 Å². The van der Waals surface area contributed by atoms with Crippen molar-refractivity contribution in [1.29, 1.82) is 0 Å². The molecule has 0 aliphatic carbocycles. The summed E-state index contributed by atoms with van der Waals surface area (Å²) in [5.74, 6) is 1.58. The van der Waals surface area contributed by atoms with E-state index in [-0.39, 0.29) is 11.9 Å². The van der Waals surface area contributed by atoms with Crippen LogP contribution in [0.3, 0.4) is 0 Å². The first-order valence-corrected chi connectivity index (χ1v) is 11.3. The smallest absolute Gasteiger partial charge is 0.240 e. The molecule has 0 fully saturated rings. The summed E-state index contributed by atoms with van der Waals surface area (Å²) in [6.45, 7) is 6.15. The Morgan fingerprint density at radius 2 is 1.97 bits per heavy atom. The average Bonchev–Trinajstić information content (AvgIpc) is 3.17. The number of aryl methyl sites for hydroxylation is 3. The summed E-state index contributed by atoms with van der Waals surface area (Å²) in [7, 11) is 1.64. The summed E-state index contributed by atoms with van der Waals surface area (Å²) < 4.78 is 7.22. The lowest BCUT2D eigenvalue weighted by atomic mass is 10.0. The lowest BCUT2D eigenvalue weighted by Gasteiger charge is -2.33. The maximum absolute atomic E-state index is 13.4. The van der Waals surface area contributed by atoms with E-state index in [1.165, 1.54) is 11.8 Å². The summed E-state index contributed by atoms with van der Waals surface area (Å²) in [6.07, 6.45) is 1.78. The van der Waals surface area contributed by atoms with Crippen molar-refractivity contribution in [3.05, 3.63) is 65.0 Å². The number of carbonyl (C=O) groups is 1. The highest BCUT2D eigenvalue weighted by Gasteiger charge is 2.37. The van der Waals surface area contributed by atoms with Gasteiger partial charge in [-0.25, -0.2) is 4.68 Å². The highest BCUT2D eigenvalue weighted by molar-refractivity contribution is 8.00. The van der Waals surface area contributed by atoms with Crippen molar-refractivity contribution < 1.29 is 9.53 Å². The molecule has 31 heavy (non-hydrogen) atoms. The Kier molecular flexibility index (Phi) is 6.18. The number of hydrogen-bond acceptors (Lipinski definition) is 6. The molecule has 2 aromatic carbocycles. The highest BCUT2D eigenvalue weighted by atomic mass is 32.2. The molecule has 162 valence electrons. The Morgan fingerprint density at radius 3 is 2.65 bits per heavy atom. The van der Waals surface area contributed by atoms with Gasteiger partial charge in [0.05, 0.1) is 13.2 Å². The molecule has 0 unspecified atom stereocenters. The fourth-order valence-electron chi connectivity index (χ4n) is 3.70. The van der Waals surface area contributed by atoms with Gasteiger partial charge in [0.25, 0.3) is 0 Å². The minimum Gasteiger partial charge on any atom is -0.497 e. The second-order valence-electron chi connectivity index (χ2n) is 7.71. The van der Waals surface area contributed by atoms with E-state index in [0.717, 1.165) is 46.8 Å². The van der Waals surface area contributed by atoms with Crippen molar-refractivity contribution in [2.75, 3.05) is 17.9 Å². The van der Waals surface area contributed by atoms with E-state index >= 15 is 0 Å². The number of hydrogen-bond donors (Lipinski definition) is 2. The van der Waals surface area contributed by atoms with Gasteiger partial charge in [0.15, 0.2) is 5.82 Å². The number of anilines is 1. The number of nitrogens with one attached hydrogen (secondary N) is 2. The number of methoxy groups -OCH3 is 1. The van der Waals surface area contributed by atoms with Gasteiger partial charge in [-0.15, -0.1) is 10.2 Å². The van der Waals surface area contributed by atoms with Gasteiger partial charge in [-0.3, -0.25) is 4.79 Å². The Morgan fingerprint density at radius 1 is 1.19 bits per heavy atom. The third-order valence-electron chi connectivity index (χ3n) is 5.35. The van der Waals surface area contributed by atoms with Crippen LogP contribution in [0, 0.1) is 13.8 Å². The van der Waals surface area contributed by atoms with E-state index in [0.29, 0.717) is 5.16 Å². The first kappa shape index (κ1) is 21.2. The van der Waals surface area contributed by atoms with Crippen LogP contribution < -0.4 is 15.5 Å². The number of benzene rings is 2. The van der Waals surface area contributed by atoms with Gasteiger partial charge in [0, 0.05) is 12.1 Å². The van der Waals surface area contributed by atoms with Gasteiger partial charge in [-0.05, 0) is 49.6 Å². The number of nitrogens with zero attached hydrogens (tertiary/aromatic N) is 3. The molecular weight excluding hydrogens is 410 g/mol. The Bertz CT molecular complexity index is 1080. The Labute approximate surface area is 186 Å². The third-order valence-corrected chi connectivity index (χ3v) is 6.57. The van der Waals surface area contributed by atoms with Gasteiger partial charge >= 0.3 is 0 Å². The third kappa shape index (κ3) is 4.39. The van der Waals surface area contributed by atoms with E-state index in [9.17, 15) is 4.79 Å². The molecular formula is C23H27N5O2S. The topological polar surface area (TPSA) is 81.1 Å². The molecule has 7 nitrogen and oxygen atoms in total. The lowest BCUT2D eigenvalue weighted by Crippen LogP contribution is -2.41. The summed E-state index contributed by atoms with van der Waals surface area (Å²) in [4.78, 5) is 13.4. The zero-order valence-corrected chi connectivity index (χ0v) is 19.0. The van der Waals surface area contributed by atoms with E-state index < -0.39 is 5.25 Å². The van der Waals surface area contributed by atoms with Crippen molar-refractivity contribution >= 4 is 23.4 Å². The van der Waals surface area contributed by atoms with Crippen LogP contribution in [0.2, 0.25) is 0 Å². The molecule has 4 rings (SSSR count). The quantitative estimate of drug-likeness (QED) is 0.600. The Hall–Kier alpha value is -3.00. The normalized spacial score (nSPS) is 17.5. The number of rotatable bonds is 6. The largest absolute Gasteiger partial charge is 0.497 e. The molecule has 8 heteroatoms. The summed E-state index contributed by atoms with van der Waals surface area (Å²) >= 11 is 1.44. The second-order valence-corrected chi connectivity index (χ2v) is 8.82. The first-order chi connectivity index (χ1) is 15.0. The van der Waals surface area contributed by atoms with Crippen LogP contribution in [0.4, 0.5) is 5.69 Å². The van der Waals surface area contributed by atoms with Gasteiger partial charge in [0.2, 0.25) is 11.1 Å². The molecule has 1 amide bonds. The van der Waals surface area contributed by atoms with E-state index in [1.54, 1.807) is 7.11 Å². The SMILES string of the molecule is CCCc1nnc2n1N[C@@H](c1ccc(OC)cc1)[C@H](C(=O)Nc1ccc(C)cc1C)S2. The molecule has 0 saturated heterocycles. The second kappa shape index (κ2) is 9.01. The average molecular weight is 438 g/mol. The minimum absolute atomic E-state index is 0.0726. The molecule has 1 aliphatic heterocycles. The van der Waals surface area contributed by atoms with E-state index in [1.807, 2.05) is 54.9 Å². The van der Waals surface area contributed by atoms with Gasteiger partial charge in [0.1, 0.15) is 11.0 Å². The molecule has 0 radical (unpaired) electrons. The van der Waals surface area contributed by atoms with Gasteiger partial charge in [-0.2, -0.15) is 0 Å². The van der Waals surface area contributed by atoms with Gasteiger partial charge < -0.3 is 15.5 Å². The molecule has 1 aliphatic rings. The fraction of sp³-hybridized carbons (Fsp3) is 0.348. The van der Waals surface area contributed by atoms with Crippen molar-refractivity contribution in [2.24, 2.45) is 0 Å². The van der Waals surface area contributed by atoms with Crippen molar-refractivity contribution in [3.63, 3.8) is 0 Å². The standard InChI is InChI=1S/C23H27N5O2S/c1-5-6-19-25-26-23-28(19)27-20(16-8-10-17(30-4)11-9-16)21(31-23)22(29)24-18-12-7-14(2)13-15(18)3/h7-13,20-21,27H,5-6H2,1-4H3,(H,24,29)/t20-,21+/m0/s1. The number of ether oxygens (including phenoxy) is 1. The monoisotopic (exact) mass is 437 g/mol. The number of amides is 1. The number of thioether (sulfide) groups is 1. The van der Waals surface area contributed by atoms with Crippen molar-refractivity contribution in [2.45, 2.75) is 50.1 Å². The fourth-order valence-corrected chi connectivity index (χ4v) is 4.80. The molecule has 0 saturated carbocycles. The van der Waals surface area contributed by atoms with Crippen LogP contribution in [0.25, 0.3) is 0 Å². The summed E-state index contributed by atoms with van der Waals surface area (Å²) in [5, 5.41) is 12.0. The van der Waals surface area contributed by atoms with Crippen LogP contribution in [0.15, 0.2) is 47.6 Å². The number of aromatic nitrogens is 3. The van der Waals surface area contributed by atoms with E-state index in [2.05, 4.69) is 33.9 Å². The van der Waals surface area contributed by atoms with E-state index in [4.69, 9.17) is 4.74 Å². The van der Waals surface area contributed by atoms with Crippen molar-refractivity contribution in [3.8, 4) is 5.75 Å². The zero-order valence-electron chi connectivity index (χ0n) is 18.2. The van der Waals surface area contributed by atoms with Gasteiger partial charge in [-0.1, -0.05) is 48.5 Å².